The second kappa shape index (κ2) is 9.27. The number of carbonyl (C=O) groups excluding carboxylic acids is 1. The number of methoxy groups -OCH3 is 1. The fourth-order valence-corrected chi connectivity index (χ4v) is 1.12. The van der Waals surface area contributed by atoms with Gasteiger partial charge < -0.3 is 25.0 Å². The van der Waals surface area contributed by atoms with Crippen molar-refractivity contribution in [3.63, 3.8) is 0 Å². The molecule has 0 saturated carbocycles. The third kappa shape index (κ3) is 9.35. The van der Waals surface area contributed by atoms with Crippen molar-refractivity contribution in [3.05, 3.63) is 0 Å². The number of rotatable bonds is 10. The molecule has 1 amide bonds. The van der Waals surface area contributed by atoms with Gasteiger partial charge in [0.1, 0.15) is 0 Å². The van der Waals surface area contributed by atoms with Crippen LogP contribution in [0.2, 0.25) is 0 Å². The third-order valence-electron chi connectivity index (χ3n) is 2.65. The van der Waals surface area contributed by atoms with Crippen LogP contribution < -0.4 is 5.32 Å². The summed E-state index contributed by atoms with van der Waals surface area (Å²) in [7, 11) is 1.63. The Labute approximate surface area is 108 Å². The van der Waals surface area contributed by atoms with Crippen LogP contribution in [-0.4, -0.2) is 55.4 Å². The molecule has 0 fully saturated rings. The van der Waals surface area contributed by atoms with Crippen molar-refractivity contribution in [3.8, 4) is 0 Å². The van der Waals surface area contributed by atoms with Crippen molar-refractivity contribution in [2.75, 3.05) is 33.5 Å². The van der Waals surface area contributed by atoms with Crippen LogP contribution in [0, 0.1) is 5.92 Å². The van der Waals surface area contributed by atoms with Gasteiger partial charge in [0.2, 0.25) is 5.91 Å². The van der Waals surface area contributed by atoms with E-state index < -0.39 is 11.7 Å². The Hall–Kier alpha value is -0.690. The lowest BCUT2D eigenvalue weighted by Crippen LogP contribution is -2.40. The molecular weight excluding hydrogens is 238 g/mol. The number of nitrogens with one attached hydrogen (secondary N) is 1. The predicted octanol–water partition coefficient (Wildman–Crippen LogP) is -0.117. The fraction of sp³-hybridized carbons (Fsp3) is 0.917. The predicted molar refractivity (Wildman–Crippen MR) is 66.9 cm³/mol. The first-order valence-electron chi connectivity index (χ1n) is 6.16. The highest BCUT2D eigenvalue weighted by Gasteiger charge is 2.24. The number of aliphatic hydroxyl groups is 2. The molecule has 0 aromatic rings. The number of carbonyl (C=O) groups is 1. The molecule has 0 aliphatic heterocycles. The summed E-state index contributed by atoms with van der Waals surface area (Å²) in [6, 6.07) is 0. The van der Waals surface area contributed by atoms with E-state index in [1.54, 1.807) is 14.0 Å². The van der Waals surface area contributed by atoms with Crippen molar-refractivity contribution in [2.24, 2.45) is 5.92 Å². The van der Waals surface area contributed by atoms with Crippen molar-refractivity contribution in [1.82, 2.24) is 5.32 Å². The Morgan fingerprint density at radius 2 is 2.00 bits per heavy atom. The lowest BCUT2D eigenvalue weighted by atomic mass is 10.0. The molecule has 0 heterocycles. The number of amides is 1. The van der Waals surface area contributed by atoms with Crippen LogP contribution in [0.4, 0.5) is 0 Å². The van der Waals surface area contributed by atoms with Crippen LogP contribution in [0.3, 0.4) is 0 Å². The second-order valence-corrected chi connectivity index (χ2v) is 4.51. The normalized spacial score (nSPS) is 13.4. The quantitative estimate of drug-likeness (QED) is 0.378. The van der Waals surface area contributed by atoms with Gasteiger partial charge in [-0.15, -0.1) is 0 Å². The molecule has 0 bridgehead atoms. The smallest absolute Gasteiger partial charge is 0.222 e. The molecule has 1 unspecified atom stereocenters. The minimum atomic E-state index is -1.77. The first-order valence-corrected chi connectivity index (χ1v) is 6.16. The van der Waals surface area contributed by atoms with Crippen LogP contribution in [0.25, 0.3) is 0 Å². The molecule has 6 nitrogen and oxygen atoms in total. The third-order valence-corrected chi connectivity index (χ3v) is 2.65. The lowest BCUT2D eigenvalue weighted by molar-refractivity contribution is -0.179. The summed E-state index contributed by atoms with van der Waals surface area (Å²) in [5.74, 6) is -2.36. The molecule has 3 N–H and O–H groups in total. The first-order chi connectivity index (χ1) is 8.38. The minimum Gasteiger partial charge on any atom is -0.385 e. The zero-order valence-electron chi connectivity index (χ0n) is 11.4. The highest BCUT2D eigenvalue weighted by molar-refractivity contribution is 5.75. The largest absolute Gasteiger partial charge is 0.385 e. The molecular formula is C12H25NO5. The van der Waals surface area contributed by atoms with E-state index in [0.717, 1.165) is 6.42 Å². The van der Waals surface area contributed by atoms with E-state index in [0.29, 0.717) is 19.8 Å². The summed E-state index contributed by atoms with van der Waals surface area (Å²) in [5.41, 5.74) is 0. The molecule has 0 radical (unpaired) electrons. The Morgan fingerprint density at radius 3 is 2.56 bits per heavy atom. The molecule has 108 valence electrons. The first kappa shape index (κ1) is 17.3. The molecule has 18 heavy (non-hydrogen) atoms. The molecule has 0 aromatic heterocycles. The monoisotopic (exact) mass is 263 g/mol. The lowest BCUT2D eigenvalue weighted by Gasteiger charge is -2.24. The molecule has 0 rings (SSSR count). The topological polar surface area (TPSA) is 88.0 Å². The molecule has 0 aliphatic rings. The van der Waals surface area contributed by atoms with Gasteiger partial charge in [0, 0.05) is 39.2 Å². The average Bonchev–Trinajstić information content (AvgIpc) is 2.29. The maximum Gasteiger partial charge on any atom is 0.222 e. The molecule has 0 aliphatic carbocycles. The van der Waals surface area contributed by atoms with Gasteiger partial charge >= 0.3 is 0 Å². The summed E-state index contributed by atoms with van der Waals surface area (Å²) in [4.78, 5) is 11.4. The van der Waals surface area contributed by atoms with Gasteiger partial charge in [-0.3, -0.25) is 4.79 Å². The van der Waals surface area contributed by atoms with E-state index in [4.69, 9.17) is 9.47 Å². The van der Waals surface area contributed by atoms with Crippen LogP contribution in [0.15, 0.2) is 0 Å². The van der Waals surface area contributed by atoms with E-state index >= 15 is 0 Å². The molecule has 0 aromatic carbocycles. The summed E-state index contributed by atoms with van der Waals surface area (Å²) < 4.78 is 10.1. The second-order valence-electron chi connectivity index (χ2n) is 4.51. The van der Waals surface area contributed by atoms with E-state index in [-0.39, 0.29) is 18.9 Å². The summed E-state index contributed by atoms with van der Waals surface area (Å²) in [6.07, 6.45) is 1.08. The van der Waals surface area contributed by atoms with Crippen molar-refractivity contribution >= 4 is 5.91 Å². The Morgan fingerprint density at radius 1 is 1.33 bits per heavy atom. The maximum absolute atomic E-state index is 11.4. The van der Waals surface area contributed by atoms with Crippen LogP contribution in [-0.2, 0) is 14.3 Å². The SMILES string of the molecule is COCCCOCCC(=O)NCC(C)C(C)(O)O. The number of hydrogen-bond donors (Lipinski definition) is 3. The van der Waals surface area contributed by atoms with Crippen LogP contribution >= 0.6 is 0 Å². The minimum absolute atomic E-state index is 0.155. The zero-order chi connectivity index (χ0) is 14.0. The molecule has 6 heteroatoms. The van der Waals surface area contributed by atoms with Crippen molar-refractivity contribution in [1.29, 1.82) is 0 Å². The molecule has 0 saturated heterocycles. The Balaban J connectivity index is 3.49. The van der Waals surface area contributed by atoms with Crippen molar-refractivity contribution < 1.29 is 24.5 Å². The number of hydrogen-bond acceptors (Lipinski definition) is 5. The van der Waals surface area contributed by atoms with Crippen molar-refractivity contribution in [2.45, 2.75) is 32.5 Å². The highest BCUT2D eigenvalue weighted by atomic mass is 16.5. The van der Waals surface area contributed by atoms with Gasteiger partial charge in [0.05, 0.1) is 6.61 Å². The van der Waals surface area contributed by atoms with Gasteiger partial charge in [0.15, 0.2) is 5.79 Å². The van der Waals surface area contributed by atoms with E-state index in [1.807, 2.05) is 0 Å². The summed E-state index contributed by atoms with van der Waals surface area (Å²) >= 11 is 0. The Kier molecular flexibility index (Phi) is 8.91. The fourth-order valence-electron chi connectivity index (χ4n) is 1.12. The summed E-state index contributed by atoms with van der Waals surface area (Å²) in [6.45, 7) is 4.76. The van der Waals surface area contributed by atoms with Gasteiger partial charge in [0.25, 0.3) is 0 Å². The molecule has 0 spiro atoms. The van der Waals surface area contributed by atoms with Gasteiger partial charge in [-0.25, -0.2) is 0 Å². The van der Waals surface area contributed by atoms with Crippen LogP contribution in [0.1, 0.15) is 26.7 Å². The average molecular weight is 263 g/mol. The van der Waals surface area contributed by atoms with E-state index in [9.17, 15) is 15.0 Å². The zero-order valence-corrected chi connectivity index (χ0v) is 11.4. The Bertz CT molecular complexity index is 227. The van der Waals surface area contributed by atoms with Gasteiger partial charge in [-0.05, 0) is 13.3 Å². The standard InChI is InChI=1S/C12H25NO5/c1-10(12(2,15)16)9-13-11(14)5-8-18-7-4-6-17-3/h10,15-16H,4-9H2,1-3H3,(H,13,14). The van der Waals surface area contributed by atoms with E-state index in [2.05, 4.69) is 5.32 Å². The maximum atomic E-state index is 11.4. The van der Waals surface area contributed by atoms with Gasteiger partial charge in [-0.1, -0.05) is 6.92 Å². The van der Waals surface area contributed by atoms with Gasteiger partial charge in [-0.2, -0.15) is 0 Å². The highest BCUT2D eigenvalue weighted by Crippen LogP contribution is 2.11. The molecule has 1 atom stereocenters. The van der Waals surface area contributed by atoms with Crippen LogP contribution in [0.5, 0.6) is 0 Å². The summed E-state index contributed by atoms with van der Waals surface area (Å²) in [5, 5.41) is 21.2. The number of ether oxygens (including phenoxy) is 2. The van der Waals surface area contributed by atoms with E-state index in [1.165, 1.54) is 6.92 Å².